The molecule has 5 heteroatoms. The minimum absolute atomic E-state index is 0.170. The van der Waals surface area contributed by atoms with Crippen molar-refractivity contribution in [3.05, 3.63) is 18.2 Å². The van der Waals surface area contributed by atoms with Gasteiger partial charge in [-0.3, -0.25) is 0 Å². The van der Waals surface area contributed by atoms with Crippen LogP contribution in [-0.4, -0.2) is 25.3 Å². The second-order valence-electron chi connectivity index (χ2n) is 5.80. The molecule has 1 aromatic rings. The van der Waals surface area contributed by atoms with Gasteiger partial charge in [-0.25, -0.2) is 4.79 Å². The van der Waals surface area contributed by atoms with Gasteiger partial charge in [0.1, 0.15) is 13.2 Å². The van der Waals surface area contributed by atoms with Crippen LogP contribution < -0.4 is 20.1 Å². The van der Waals surface area contributed by atoms with Crippen LogP contribution in [0, 0.1) is 5.92 Å². The Kier molecular flexibility index (Phi) is 4.18. The van der Waals surface area contributed by atoms with E-state index in [0.29, 0.717) is 36.3 Å². The van der Waals surface area contributed by atoms with Crippen molar-refractivity contribution >= 4 is 11.7 Å². The molecule has 1 aliphatic heterocycles. The highest BCUT2D eigenvalue weighted by Gasteiger charge is 2.23. The molecule has 0 aromatic heterocycles. The number of amides is 2. The van der Waals surface area contributed by atoms with Crippen molar-refractivity contribution in [1.82, 2.24) is 5.32 Å². The molecular formula is C16H22N2O3. The maximum atomic E-state index is 12.2. The summed E-state index contributed by atoms with van der Waals surface area (Å²) in [6, 6.07) is 5.62. The lowest BCUT2D eigenvalue weighted by molar-refractivity contribution is 0.172. The molecule has 0 saturated heterocycles. The molecule has 114 valence electrons. The largest absolute Gasteiger partial charge is 0.486 e. The molecule has 2 atom stereocenters. The first-order valence-electron chi connectivity index (χ1n) is 7.70. The maximum absolute atomic E-state index is 12.2. The van der Waals surface area contributed by atoms with Crippen LogP contribution in [0.3, 0.4) is 0 Å². The Hall–Kier alpha value is -1.91. The topological polar surface area (TPSA) is 59.6 Å². The number of fused-ring (bicyclic) bond motifs is 1. The molecule has 1 aromatic carbocycles. The highest BCUT2D eigenvalue weighted by Crippen LogP contribution is 2.37. The predicted molar refractivity (Wildman–Crippen MR) is 81.0 cm³/mol. The summed E-state index contributed by atoms with van der Waals surface area (Å²) in [4.78, 5) is 12.2. The minimum atomic E-state index is -0.170. The van der Waals surface area contributed by atoms with Gasteiger partial charge in [0.2, 0.25) is 0 Å². The number of carbonyl (C=O) groups excluding carboxylic acids is 1. The number of hydrogen-bond acceptors (Lipinski definition) is 3. The average molecular weight is 290 g/mol. The van der Waals surface area contributed by atoms with Crippen LogP contribution in [0.2, 0.25) is 0 Å². The van der Waals surface area contributed by atoms with Crippen LogP contribution in [-0.2, 0) is 0 Å². The van der Waals surface area contributed by atoms with Gasteiger partial charge in [0, 0.05) is 6.04 Å². The molecule has 1 saturated carbocycles. The first-order chi connectivity index (χ1) is 10.2. The van der Waals surface area contributed by atoms with Crippen molar-refractivity contribution in [2.75, 3.05) is 18.5 Å². The van der Waals surface area contributed by atoms with Crippen molar-refractivity contribution in [2.45, 2.75) is 38.6 Å². The van der Waals surface area contributed by atoms with Gasteiger partial charge >= 0.3 is 6.03 Å². The molecule has 0 bridgehead atoms. The van der Waals surface area contributed by atoms with Crippen molar-refractivity contribution in [3.63, 3.8) is 0 Å². The second-order valence-corrected chi connectivity index (χ2v) is 5.80. The smallest absolute Gasteiger partial charge is 0.319 e. The number of anilines is 1. The van der Waals surface area contributed by atoms with E-state index in [1.54, 1.807) is 0 Å². The lowest BCUT2D eigenvalue weighted by Crippen LogP contribution is -2.43. The third-order valence-electron chi connectivity index (χ3n) is 4.24. The Morgan fingerprint density at radius 2 is 2.00 bits per heavy atom. The van der Waals surface area contributed by atoms with E-state index in [2.05, 4.69) is 17.6 Å². The second kappa shape index (κ2) is 6.24. The zero-order valence-corrected chi connectivity index (χ0v) is 12.4. The van der Waals surface area contributed by atoms with Crippen LogP contribution in [0.25, 0.3) is 0 Å². The molecule has 1 aliphatic carbocycles. The monoisotopic (exact) mass is 290 g/mol. The summed E-state index contributed by atoms with van der Waals surface area (Å²) >= 11 is 0. The minimum Gasteiger partial charge on any atom is -0.486 e. The summed E-state index contributed by atoms with van der Waals surface area (Å²) in [6.07, 6.45) is 4.69. The van der Waals surface area contributed by atoms with Gasteiger partial charge in [-0.2, -0.15) is 0 Å². The van der Waals surface area contributed by atoms with E-state index >= 15 is 0 Å². The van der Waals surface area contributed by atoms with E-state index in [1.165, 1.54) is 19.3 Å². The number of benzene rings is 1. The first kappa shape index (κ1) is 14.0. The lowest BCUT2D eigenvalue weighted by atomic mass is 9.86. The van der Waals surface area contributed by atoms with Crippen LogP contribution >= 0.6 is 0 Å². The van der Waals surface area contributed by atoms with Crippen LogP contribution in [0.1, 0.15) is 32.6 Å². The number of ether oxygens (including phenoxy) is 2. The third kappa shape index (κ3) is 3.23. The Morgan fingerprint density at radius 1 is 1.19 bits per heavy atom. The van der Waals surface area contributed by atoms with Crippen molar-refractivity contribution in [1.29, 1.82) is 0 Å². The summed E-state index contributed by atoms with van der Waals surface area (Å²) in [5.74, 6) is 1.84. The Balaban J connectivity index is 1.65. The van der Waals surface area contributed by atoms with E-state index in [1.807, 2.05) is 18.2 Å². The summed E-state index contributed by atoms with van der Waals surface area (Å²) in [7, 11) is 0. The van der Waals surface area contributed by atoms with E-state index in [-0.39, 0.29) is 12.1 Å². The van der Waals surface area contributed by atoms with Gasteiger partial charge in [0.15, 0.2) is 11.5 Å². The van der Waals surface area contributed by atoms with Crippen LogP contribution in [0.15, 0.2) is 18.2 Å². The van der Waals surface area contributed by atoms with E-state index in [9.17, 15) is 4.79 Å². The summed E-state index contributed by atoms with van der Waals surface area (Å²) in [5.41, 5.74) is 0.660. The van der Waals surface area contributed by atoms with Gasteiger partial charge in [0.05, 0.1) is 5.69 Å². The van der Waals surface area contributed by atoms with E-state index < -0.39 is 0 Å². The van der Waals surface area contributed by atoms with Gasteiger partial charge in [-0.1, -0.05) is 25.8 Å². The number of rotatable bonds is 2. The molecule has 1 heterocycles. The van der Waals surface area contributed by atoms with Crippen LogP contribution in [0.4, 0.5) is 10.5 Å². The summed E-state index contributed by atoms with van der Waals surface area (Å²) < 4.78 is 11.1. The molecule has 0 spiro atoms. The van der Waals surface area contributed by atoms with Gasteiger partial charge in [0.25, 0.3) is 0 Å². The van der Waals surface area contributed by atoms with Crippen molar-refractivity contribution in [3.8, 4) is 11.5 Å². The van der Waals surface area contributed by atoms with E-state index in [4.69, 9.17) is 9.47 Å². The summed E-state index contributed by atoms with van der Waals surface area (Å²) in [6.45, 7) is 3.25. The Morgan fingerprint density at radius 3 is 2.86 bits per heavy atom. The summed E-state index contributed by atoms with van der Waals surface area (Å²) in [5, 5.41) is 5.96. The number of hydrogen-bond donors (Lipinski definition) is 2. The number of nitrogens with one attached hydrogen (secondary N) is 2. The maximum Gasteiger partial charge on any atom is 0.319 e. The highest BCUT2D eigenvalue weighted by atomic mass is 16.6. The Bertz CT molecular complexity index is 518. The average Bonchev–Trinajstić information content (AvgIpc) is 2.50. The molecular weight excluding hydrogens is 268 g/mol. The molecule has 0 radical (unpaired) electrons. The first-order valence-corrected chi connectivity index (χ1v) is 7.70. The van der Waals surface area contributed by atoms with Gasteiger partial charge < -0.3 is 20.1 Å². The third-order valence-corrected chi connectivity index (χ3v) is 4.24. The fraction of sp³-hybridized carbons (Fsp3) is 0.562. The van der Waals surface area contributed by atoms with Crippen molar-refractivity contribution < 1.29 is 14.3 Å². The van der Waals surface area contributed by atoms with Crippen molar-refractivity contribution in [2.24, 2.45) is 5.92 Å². The fourth-order valence-electron chi connectivity index (χ4n) is 3.03. The van der Waals surface area contributed by atoms with Gasteiger partial charge in [-0.15, -0.1) is 0 Å². The molecule has 5 nitrogen and oxygen atoms in total. The molecule has 2 aliphatic rings. The predicted octanol–water partition coefficient (Wildman–Crippen LogP) is 3.16. The van der Waals surface area contributed by atoms with Gasteiger partial charge in [-0.05, 0) is 30.9 Å². The zero-order valence-electron chi connectivity index (χ0n) is 12.4. The normalized spacial score (nSPS) is 24.2. The Labute approximate surface area is 125 Å². The highest BCUT2D eigenvalue weighted by molar-refractivity contribution is 5.91. The number of para-hydroxylation sites is 1. The molecule has 2 unspecified atom stereocenters. The van der Waals surface area contributed by atoms with Crippen LogP contribution in [0.5, 0.6) is 11.5 Å². The zero-order chi connectivity index (χ0) is 14.7. The fourth-order valence-corrected chi connectivity index (χ4v) is 3.03. The molecule has 2 N–H and O–H groups in total. The quantitative estimate of drug-likeness (QED) is 0.879. The molecule has 1 fully saturated rings. The van der Waals surface area contributed by atoms with E-state index in [0.717, 1.165) is 6.42 Å². The molecule has 2 amide bonds. The standard InChI is InChI=1S/C16H22N2O3/c1-11-5-2-3-6-12(11)17-16(19)18-13-7-4-8-14-15(13)21-10-9-20-14/h4,7-8,11-12H,2-3,5-6,9-10H2,1H3,(H2,17,18,19). The molecule has 3 rings (SSSR count). The molecule has 21 heavy (non-hydrogen) atoms. The number of carbonyl (C=O) groups is 1. The lowest BCUT2D eigenvalue weighted by Gasteiger charge is -2.29. The SMILES string of the molecule is CC1CCCCC1NC(=O)Nc1cccc2c1OCCO2. The number of urea groups is 1.